The van der Waals surface area contributed by atoms with Gasteiger partial charge in [0.15, 0.2) is 0 Å². The number of aliphatic carboxylic acids is 1. The third kappa shape index (κ3) is 4.33. The fourth-order valence-corrected chi connectivity index (χ4v) is 3.57. The summed E-state index contributed by atoms with van der Waals surface area (Å²) in [6.45, 7) is 6.68. The Morgan fingerprint density at radius 1 is 1.32 bits per heavy atom. The van der Waals surface area contributed by atoms with E-state index in [0.29, 0.717) is 5.56 Å². The van der Waals surface area contributed by atoms with Crippen LogP contribution in [0, 0.1) is 13.8 Å². The average Bonchev–Trinajstić information content (AvgIpc) is 2.11. The van der Waals surface area contributed by atoms with Crippen molar-refractivity contribution in [2.24, 2.45) is 0 Å². The Hall–Kier alpha value is -1.40. The van der Waals surface area contributed by atoms with Crippen molar-refractivity contribution in [2.75, 3.05) is 0 Å². The van der Waals surface area contributed by atoms with E-state index in [0.717, 1.165) is 5.56 Å². The third-order valence-corrected chi connectivity index (χ3v) is 4.48. The smallest absolute Gasteiger partial charge is 0.305 e. The van der Waals surface area contributed by atoms with Crippen LogP contribution in [0.5, 0.6) is 0 Å². The molecule has 1 rings (SSSR count). The van der Waals surface area contributed by atoms with Crippen LogP contribution in [0.3, 0.4) is 0 Å². The largest absolute Gasteiger partial charge is 0.481 e. The Kier molecular flexibility index (Phi) is 4.37. The first-order valence-electron chi connectivity index (χ1n) is 5.86. The molecule has 5 nitrogen and oxygen atoms in total. The Morgan fingerprint density at radius 3 is 2.37 bits per heavy atom. The summed E-state index contributed by atoms with van der Waals surface area (Å²) in [6.07, 6.45) is -0.281. The molecule has 0 bridgehead atoms. The Balaban J connectivity index is 3.08. The summed E-state index contributed by atoms with van der Waals surface area (Å²) < 4.78 is 26.9. The maximum Gasteiger partial charge on any atom is 0.305 e. The molecule has 0 saturated heterocycles. The fraction of sp³-hybridized carbons (Fsp3) is 0.462. The topological polar surface area (TPSA) is 83.5 Å². The van der Waals surface area contributed by atoms with Gasteiger partial charge in [-0.15, -0.1) is 0 Å². The van der Waals surface area contributed by atoms with Crippen molar-refractivity contribution in [3.05, 3.63) is 29.3 Å². The van der Waals surface area contributed by atoms with Crippen molar-refractivity contribution < 1.29 is 18.3 Å². The number of carboxylic acid groups (broad SMARTS) is 1. The van der Waals surface area contributed by atoms with Gasteiger partial charge >= 0.3 is 5.97 Å². The van der Waals surface area contributed by atoms with Crippen LogP contribution in [0.2, 0.25) is 0 Å². The van der Waals surface area contributed by atoms with Crippen molar-refractivity contribution >= 4 is 16.0 Å². The lowest BCUT2D eigenvalue weighted by Crippen LogP contribution is -2.44. The minimum atomic E-state index is -3.72. The number of carbonyl (C=O) groups is 1. The lowest BCUT2D eigenvalue weighted by Gasteiger charge is -2.24. The number of aryl methyl sites for hydroxylation is 2. The Morgan fingerprint density at radius 2 is 1.89 bits per heavy atom. The minimum absolute atomic E-state index is 0.177. The van der Waals surface area contributed by atoms with Crippen LogP contribution in [-0.2, 0) is 14.8 Å². The monoisotopic (exact) mass is 285 g/mol. The molecule has 0 aliphatic heterocycles. The van der Waals surface area contributed by atoms with Gasteiger partial charge in [-0.3, -0.25) is 4.79 Å². The summed E-state index contributed by atoms with van der Waals surface area (Å²) >= 11 is 0. The quantitative estimate of drug-likeness (QED) is 0.864. The first kappa shape index (κ1) is 15.7. The van der Waals surface area contributed by atoms with E-state index in [9.17, 15) is 13.2 Å². The molecule has 0 aromatic heterocycles. The van der Waals surface area contributed by atoms with Gasteiger partial charge in [0.25, 0.3) is 0 Å². The van der Waals surface area contributed by atoms with E-state index >= 15 is 0 Å². The molecular formula is C13H19NO4S. The van der Waals surface area contributed by atoms with E-state index in [4.69, 9.17) is 5.11 Å². The number of rotatable bonds is 5. The summed E-state index contributed by atoms with van der Waals surface area (Å²) in [5.74, 6) is -1.05. The molecule has 0 aliphatic rings. The molecule has 0 spiro atoms. The van der Waals surface area contributed by atoms with Gasteiger partial charge in [0, 0.05) is 5.54 Å². The molecule has 19 heavy (non-hydrogen) atoms. The lowest BCUT2D eigenvalue weighted by atomic mass is 10.0. The Labute approximate surface area is 113 Å². The lowest BCUT2D eigenvalue weighted by molar-refractivity contribution is -0.138. The summed E-state index contributed by atoms with van der Waals surface area (Å²) in [5.41, 5.74) is 0.571. The van der Waals surface area contributed by atoms with E-state index in [1.807, 2.05) is 6.92 Å². The van der Waals surface area contributed by atoms with E-state index in [-0.39, 0.29) is 11.3 Å². The van der Waals surface area contributed by atoms with Gasteiger partial charge in [-0.2, -0.15) is 0 Å². The summed E-state index contributed by atoms with van der Waals surface area (Å²) in [4.78, 5) is 10.9. The highest BCUT2D eigenvalue weighted by Gasteiger charge is 2.29. The molecule has 0 radical (unpaired) electrons. The average molecular weight is 285 g/mol. The van der Waals surface area contributed by atoms with E-state index < -0.39 is 21.5 Å². The highest BCUT2D eigenvalue weighted by Crippen LogP contribution is 2.19. The van der Waals surface area contributed by atoms with Crippen LogP contribution in [-0.4, -0.2) is 25.0 Å². The van der Waals surface area contributed by atoms with Gasteiger partial charge in [-0.05, 0) is 39.3 Å². The molecule has 0 aliphatic carbocycles. The van der Waals surface area contributed by atoms with Crippen molar-refractivity contribution in [1.29, 1.82) is 0 Å². The van der Waals surface area contributed by atoms with E-state index in [1.165, 1.54) is 6.07 Å². The second-order valence-corrected chi connectivity index (χ2v) is 6.98. The van der Waals surface area contributed by atoms with Crippen LogP contribution >= 0.6 is 0 Å². The first-order valence-corrected chi connectivity index (χ1v) is 7.35. The summed E-state index contributed by atoms with van der Waals surface area (Å²) in [6, 6.07) is 5.02. The van der Waals surface area contributed by atoms with Crippen LogP contribution in [0.4, 0.5) is 0 Å². The highest BCUT2D eigenvalue weighted by molar-refractivity contribution is 7.89. The number of hydrogen-bond donors (Lipinski definition) is 2. The van der Waals surface area contributed by atoms with Gasteiger partial charge in [-0.25, -0.2) is 13.1 Å². The molecule has 1 aromatic rings. The van der Waals surface area contributed by atoms with Gasteiger partial charge in [0.2, 0.25) is 10.0 Å². The van der Waals surface area contributed by atoms with Crippen LogP contribution in [0.25, 0.3) is 0 Å². The number of carboxylic acids is 1. The minimum Gasteiger partial charge on any atom is -0.481 e. The van der Waals surface area contributed by atoms with E-state index in [2.05, 4.69) is 4.72 Å². The maximum absolute atomic E-state index is 12.3. The van der Waals surface area contributed by atoms with Crippen molar-refractivity contribution in [2.45, 2.75) is 44.6 Å². The molecule has 0 atom stereocenters. The number of benzene rings is 1. The van der Waals surface area contributed by atoms with Gasteiger partial charge in [0.05, 0.1) is 11.3 Å². The molecule has 2 N–H and O–H groups in total. The number of hydrogen-bond acceptors (Lipinski definition) is 3. The molecule has 0 fully saturated rings. The number of sulfonamides is 1. The van der Waals surface area contributed by atoms with Crippen molar-refractivity contribution in [3.8, 4) is 0 Å². The van der Waals surface area contributed by atoms with Gasteiger partial charge < -0.3 is 5.11 Å². The maximum atomic E-state index is 12.3. The molecule has 0 saturated carbocycles. The molecule has 106 valence electrons. The molecule has 0 unspecified atom stereocenters. The van der Waals surface area contributed by atoms with Crippen molar-refractivity contribution in [3.63, 3.8) is 0 Å². The zero-order valence-electron chi connectivity index (χ0n) is 11.5. The molecule has 6 heteroatoms. The molecule has 0 amide bonds. The third-order valence-electron chi connectivity index (χ3n) is 2.62. The SMILES string of the molecule is Cc1ccc(S(=O)(=O)NC(C)(C)CC(=O)O)c(C)c1. The normalized spacial score (nSPS) is 12.4. The predicted octanol–water partition coefficient (Wildman–Crippen LogP) is 1.84. The second kappa shape index (κ2) is 5.30. The summed E-state index contributed by atoms with van der Waals surface area (Å²) in [7, 11) is -3.72. The second-order valence-electron chi connectivity index (χ2n) is 5.33. The van der Waals surface area contributed by atoms with Gasteiger partial charge in [-0.1, -0.05) is 17.7 Å². The predicted molar refractivity (Wildman–Crippen MR) is 72.6 cm³/mol. The van der Waals surface area contributed by atoms with Crippen molar-refractivity contribution in [1.82, 2.24) is 4.72 Å². The Bertz CT molecular complexity index is 591. The van der Waals surface area contributed by atoms with Crippen LogP contribution in [0.1, 0.15) is 31.4 Å². The zero-order valence-corrected chi connectivity index (χ0v) is 12.3. The van der Waals surface area contributed by atoms with Gasteiger partial charge in [0.1, 0.15) is 0 Å². The molecular weight excluding hydrogens is 266 g/mol. The van der Waals surface area contributed by atoms with E-state index in [1.54, 1.807) is 32.9 Å². The van der Waals surface area contributed by atoms with Crippen LogP contribution < -0.4 is 4.72 Å². The molecule has 0 heterocycles. The first-order chi connectivity index (χ1) is 8.53. The number of nitrogens with one attached hydrogen (secondary N) is 1. The zero-order chi connectivity index (χ0) is 14.8. The van der Waals surface area contributed by atoms with Crippen LogP contribution in [0.15, 0.2) is 23.1 Å². The highest BCUT2D eigenvalue weighted by atomic mass is 32.2. The standard InChI is InChI=1S/C13H19NO4S/c1-9-5-6-11(10(2)7-9)19(17,18)14-13(3,4)8-12(15)16/h5-7,14H,8H2,1-4H3,(H,15,16). The molecule has 1 aromatic carbocycles. The summed E-state index contributed by atoms with van der Waals surface area (Å²) in [5, 5.41) is 8.77. The fourth-order valence-electron chi connectivity index (χ4n) is 1.93.